The molecule has 0 aromatic heterocycles. The van der Waals surface area contributed by atoms with Crippen LogP contribution in [0.5, 0.6) is 0 Å². The number of rotatable bonds is 2. The van der Waals surface area contributed by atoms with Gasteiger partial charge in [0.15, 0.2) is 0 Å². The van der Waals surface area contributed by atoms with Crippen LogP contribution in [0.2, 0.25) is 0 Å². The van der Waals surface area contributed by atoms with E-state index in [0.29, 0.717) is 19.5 Å². The fourth-order valence-electron chi connectivity index (χ4n) is 1.12. The van der Waals surface area contributed by atoms with Crippen LogP contribution in [-0.4, -0.2) is 42.6 Å². The van der Waals surface area contributed by atoms with Gasteiger partial charge in [0, 0.05) is 33.1 Å². The molecule has 58 valence electrons. The normalized spacial score (nSPS) is 20.6. The van der Waals surface area contributed by atoms with Gasteiger partial charge in [-0.3, -0.25) is 9.80 Å². The smallest absolute Gasteiger partial charge is 0.238 e. The minimum absolute atomic E-state index is 0.188. The molecule has 0 radical (unpaired) electrons. The molecule has 0 aromatic carbocycles. The number of nitrogens with zero attached hydrogens (tertiary/aromatic N) is 2. The Balaban J connectivity index is 2.46. The van der Waals surface area contributed by atoms with E-state index < -0.39 is 0 Å². The van der Waals surface area contributed by atoms with Crippen molar-refractivity contribution >= 4 is 5.91 Å². The highest BCUT2D eigenvalue weighted by Gasteiger charge is 2.24. The summed E-state index contributed by atoms with van der Waals surface area (Å²) in [5.74, 6) is 0.188. The molecule has 1 amide bonds. The lowest BCUT2D eigenvalue weighted by Crippen LogP contribution is -2.39. The summed E-state index contributed by atoms with van der Waals surface area (Å²) in [6.45, 7) is 2.02. The fourth-order valence-corrected chi connectivity index (χ4v) is 1.12. The van der Waals surface area contributed by atoms with Crippen LogP contribution in [-0.2, 0) is 4.79 Å². The molecule has 2 N–H and O–H groups in total. The second-order valence-electron chi connectivity index (χ2n) is 2.44. The molecule has 0 saturated carbocycles. The van der Waals surface area contributed by atoms with Gasteiger partial charge in [-0.2, -0.15) is 0 Å². The highest BCUT2D eigenvalue weighted by Crippen LogP contribution is 2.07. The standard InChI is InChI=1S/C6H13N3O/c1-8-4-2-6(10)9(8)5-3-7/h2-5,7H2,1H3. The minimum atomic E-state index is 0.188. The Morgan fingerprint density at radius 1 is 1.70 bits per heavy atom. The van der Waals surface area contributed by atoms with Crippen molar-refractivity contribution in [2.24, 2.45) is 5.73 Å². The lowest BCUT2D eigenvalue weighted by atomic mass is 10.4. The zero-order chi connectivity index (χ0) is 7.56. The SMILES string of the molecule is CN1CCC(=O)N1CCN. The summed E-state index contributed by atoms with van der Waals surface area (Å²) >= 11 is 0. The first-order valence-electron chi connectivity index (χ1n) is 3.47. The third-order valence-electron chi connectivity index (χ3n) is 1.69. The van der Waals surface area contributed by atoms with E-state index in [1.165, 1.54) is 0 Å². The second kappa shape index (κ2) is 2.98. The summed E-state index contributed by atoms with van der Waals surface area (Å²) in [5, 5.41) is 3.61. The number of amides is 1. The first kappa shape index (κ1) is 7.50. The molecule has 10 heavy (non-hydrogen) atoms. The molecule has 0 spiro atoms. The van der Waals surface area contributed by atoms with Crippen LogP contribution in [0.15, 0.2) is 0 Å². The number of nitrogens with two attached hydrogens (primary N) is 1. The monoisotopic (exact) mass is 143 g/mol. The number of hydrogen-bond donors (Lipinski definition) is 1. The minimum Gasteiger partial charge on any atom is -0.329 e. The molecular weight excluding hydrogens is 130 g/mol. The van der Waals surface area contributed by atoms with Crippen LogP contribution in [0, 0.1) is 0 Å². The van der Waals surface area contributed by atoms with Crippen LogP contribution in [0.4, 0.5) is 0 Å². The Bertz CT molecular complexity index is 137. The van der Waals surface area contributed by atoms with E-state index in [9.17, 15) is 4.79 Å². The largest absolute Gasteiger partial charge is 0.329 e. The van der Waals surface area contributed by atoms with Gasteiger partial charge in [-0.25, -0.2) is 5.01 Å². The number of carbonyl (C=O) groups excluding carboxylic acids is 1. The Labute approximate surface area is 60.5 Å². The molecule has 1 aliphatic heterocycles. The number of hydrogen-bond acceptors (Lipinski definition) is 3. The molecule has 0 aliphatic carbocycles. The van der Waals surface area contributed by atoms with E-state index in [4.69, 9.17) is 5.73 Å². The first-order chi connectivity index (χ1) is 4.75. The van der Waals surface area contributed by atoms with Crippen molar-refractivity contribution in [1.29, 1.82) is 0 Å². The third kappa shape index (κ3) is 1.27. The van der Waals surface area contributed by atoms with Gasteiger partial charge in [-0.1, -0.05) is 0 Å². The maximum absolute atomic E-state index is 11.0. The Kier molecular flexibility index (Phi) is 2.24. The summed E-state index contributed by atoms with van der Waals surface area (Å²) < 4.78 is 0. The summed E-state index contributed by atoms with van der Waals surface area (Å²) in [6.07, 6.45) is 0.635. The molecular formula is C6H13N3O. The van der Waals surface area contributed by atoms with Crippen molar-refractivity contribution in [3.63, 3.8) is 0 Å². The molecule has 0 aromatic rings. The predicted octanol–water partition coefficient (Wildman–Crippen LogP) is -0.976. The lowest BCUT2D eigenvalue weighted by Gasteiger charge is -2.22. The van der Waals surface area contributed by atoms with Crippen molar-refractivity contribution in [3.8, 4) is 0 Å². The summed E-state index contributed by atoms with van der Waals surface area (Å²) in [6, 6.07) is 0. The number of carbonyl (C=O) groups is 1. The van der Waals surface area contributed by atoms with E-state index in [1.807, 2.05) is 12.1 Å². The zero-order valence-corrected chi connectivity index (χ0v) is 6.21. The molecule has 0 unspecified atom stereocenters. The quantitative estimate of drug-likeness (QED) is 0.540. The lowest BCUT2D eigenvalue weighted by molar-refractivity contribution is -0.136. The van der Waals surface area contributed by atoms with Crippen LogP contribution in [0.1, 0.15) is 6.42 Å². The zero-order valence-electron chi connectivity index (χ0n) is 6.21. The van der Waals surface area contributed by atoms with E-state index >= 15 is 0 Å². The molecule has 1 rings (SSSR count). The summed E-state index contributed by atoms with van der Waals surface area (Å²) in [7, 11) is 1.90. The average Bonchev–Trinajstić information content (AvgIpc) is 2.20. The second-order valence-corrected chi connectivity index (χ2v) is 2.44. The van der Waals surface area contributed by atoms with E-state index in [1.54, 1.807) is 5.01 Å². The van der Waals surface area contributed by atoms with E-state index in [0.717, 1.165) is 6.54 Å². The van der Waals surface area contributed by atoms with Crippen molar-refractivity contribution in [2.45, 2.75) is 6.42 Å². The predicted molar refractivity (Wildman–Crippen MR) is 38.0 cm³/mol. The topological polar surface area (TPSA) is 49.6 Å². The average molecular weight is 143 g/mol. The van der Waals surface area contributed by atoms with Crippen molar-refractivity contribution in [1.82, 2.24) is 10.0 Å². The van der Waals surface area contributed by atoms with Gasteiger partial charge in [0.25, 0.3) is 0 Å². The van der Waals surface area contributed by atoms with Crippen molar-refractivity contribution in [3.05, 3.63) is 0 Å². The molecule has 1 fully saturated rings. The molecule has 0 atom stereocenters. The van der Waals surface area contributed by atoms with Crippen LogP contribution in [0.25, 0.3) is 0 Å². The Morgan fingerprint density at radius 2 is 2.40 bits per heavy atom. The van der Waals surface area contributed by atoms with Crippen LogP contribution >= 0.6 is 0 Å². The number of hydrazine groups is 1. The van der Waals surface area contributed by atoms with Gasteiger partial charge in [-0.05, 0) is 0 Å². The Hall–Kier alpha value is -0.610. The molecule has 0 bridgehead atoms. The van der Waals surface area contributed by atoms with Gasteiger partial charge in [-0.15, -0.1) is 0 Å². The summed E-state index contributed by atoms with van der Waals surface area (Å²) in [5.41, 5.74) is 5.31. The van der Waals surface area contributed by atoms with Gasteiger partial charge >= 0.3 is 0 Å². The van der Waals surface area contributed by atoms with Gasteiger partial charge in [0.2, 0.25) is 5.91 Å². The first-order valence-corrected chi connectivity index (χ1v) is 3.47. The Morgan fingerprint density at radius 3 is 2.80 bits per heavy atom. The molecule has 1 saturated heterocycles. The third-order valence-corrected chi connectivity index (χ3v) is 1.69. The molecule has 4 heteroatoms. The maximum Gasteiger partial charge on any atom is 0.238 e. The maximum atomic E-state index is 11.0. The van der Waals surface area contributed by atoms with Gasteiger partial charge in [0.1, 0.15) is 0 Å². The highest BCUT2D eigenvalue weighted by molar-refractivity contribution is 5.77. The van der Waals surface area contributed by atoms with Crippen LogP contribution < -0.4 is 5.73 Å². The molecule has 1 aliphatic rings. The summed E-state index contributed by atoms with van der Waals surface area (Å²) in [4.78, 5) is 11.0. The molecule has 1 heterocycles. The van der Waals surface area contributed by atoms with E-state index in [-0.39, 0.29) is 5.91 Å². The molecule has 4 nitrogen and oxygen atoms in total. The van der Waals surface area contributed by atoms with Crippen molar-refractivity contribution < 1.29 is 4.79 Å². The van der Waals surface area contributed by atoms with Gasteiger partial charge in [0.05, 0.1) is 0 Å². The van der Waals surface area contributed by atoms with Crippen LogP contribution in [0.3, 0.4) is 0 Å². The highest BCUT2D eigenvalue weighted by atomic mass is 16.2. The fraction of sp³-hybridized carbons (Fsp3) is 0.833. The van der Waals surface area contributed by atoms with Gasteiger partial charge < -0.3 is 5.73 Å². The van der Waals surface area contributed by atoms with Crippen molar-refractivity contribution in [2.75, 3.05) is 26.7 Å². The van der Waals surface area contributed by atoms with E-state index in [2.05, 4.69) is 0 Å².